The third kappa shape index (κ3) is 2.70. The molecule has 0 amide bonds. The van der Waals surface area contributed by atoms with E-state index in [1.807, 2.05) is 13.8 Å². The van der Waals surface area contributed by atoms with E-state index in [0.29, 0.717) is 0 Å². The van der Waals surface area contributed by atoms with Crippen LogP contribution in [0.2, 0.25) is 0 Å². The van der Waals surface area contributed by atoms with Crippen LogP contribution < -0.4 is 0 Å². The van der Waals surface area contributed by atoms with Gasteiger partial charge in [0.15, 0.2) is 0 Å². The van der Waals surface area contributed by atoms with Crippen molar-refractivity contribution < 1.29 is 4.74 Å². The van der Waals surface area contributed by atoms with Gasteiger partial charge in [0.25, 0.3) is 0 Å². The molecule has 1 nitrogen and oxygen atoms in total. The van der Waals surface area contributed by atoms with E-state index in [1.54, 1.807) is 0 Å². The summed E-state index contributed by atoms with van der Waals surface area (Å²) >= 11 is 0. The first-order chi connectivity index (χ1) is 4.58. The summed E-state index contributed by atoms with van der Waals surface area (Å²) in [4.78, 5) is 0. The Balaban J connectivity index is 2.04. The summed E-state index contributed by atoms with van der Waals surface area (Å²) in [6.07, 6.45) is 4.11. The monoisotopic (exact) mass is 141 g/mol. The Kier molecular flexibility index (Phi) is 2.35. The van der Waals surface area contributed by atoms with E-state index < -0.39 is 0 Å². The van der Waals surface area contributed by atoms with Crippen LogP contribution in [0.3, 0.4) is 0 Å². The largest absolute Gasteiger partial charge is 0.375 e. The van der Waals surface area contributed by atoms with E-state index in [4.69, 9.17) is 4.74 Å². The van der Waals surface area contributed by atoms with Gasteiger partial charge < -0.3 is 4.74 Å². The summed E-state index contributed by atoms with van der Waals surface area (Å²) in [5.41, 5.74) is -0.185. The van der Waals surface area contributed by atoms with E-state index in [9.17, 15) is 0 Å². The second-order valence-electron chi connectivity index (χ2n) is 3.87. The van der Waals surface area contributed by atoms with E-state index in [1.165, 1.54) is 19.3 Å². The normalized spacial score (nSPS) is 20.7. The molecule has 0 unspecified atom stereocenters. The molecular weight excluding hydrogens is 124 g/mol. The molecule has 0 N–H and O–H groups in total. The van der Waals surface area contributed by atoms with Gasteiger partial charge in [-0.05, 0) is 39.5 Å². The van der Waals surface area contributed by atoms with Crippen molar-refractivity contribution in [3.8, 4) is 0 Å². The Morgan fingerprint density at radius 1 is 1.50 bits per heavy atom. The van der Waals surface area contributed by atoms with Gasteiger partial charge in [-0.1, -0.05) is 6.42 Å². The molecule has 1 aliphatic carbocycles. The summed E-state index contributed by atoms with van der Waals surface area (Å²) in [6, 6.07) is 0. The van der Waals surface area contributed by atoms with Crippen molar-refractivity contribution in [1.82, 2.24) is 0 Å². The lowest BCUT2D eigenvalue weighted by atomic mass is 9.86. The molecule has 59 valence electrons. The van der Waals surface area contributed by atoms with Gasteiger partial charge in [0.1, 0.15) is 0 Å². The van der Waals surface area contributed by atoms with Crippen LogP contribution in [0.5, 0.6) is 0 Å². The maximum atomic E-state index is 5.52. The van der Waals surface area contributed by atoms with Crippen LogP contribution in [0.15, 0.2) is 0 Å². The second kappa shape index (κ2) is 2.91. The minimum absolute atomic E-state index is 0.185. The average molecular weight is 141 g/mol. The highest BCUT2D eigenvalue weighted by molar-refractivity contribution is 4.74. The van der Waals surface area contributed by atoms with E-state index in [-0.39, 0.29) is 5.60 Å². The molecule has 0 atom stereocenters. The van der Waals surface area contributed by atoms with Gasteiger partial charge in [-0.25, -0.2) is 0 Å². The topological polar surface area (TPSA) is 9.23 Å². The van der Waals surface area contributed by atoms with Crippen molar-refractivity contribution in [1.29, 1.82) is 0 Å². The number of ether oxygens (including phenoxy) is 1. The number of hydrogen-bond donors (Lipinski definition) is 0. The maximum Gasteiger partial charge on any atom is 0.0627 e. The lowest BCUT2D eigenvalue weighted by Crippen LogP contribution is -2.26. The Morgan fingerprint density at radius 3 is 2.40 bits per heavy atom. The van der Waals surface area contributed by atoms with E-state index in [2.05, 4.69) is 6.92 Å². The molecular formula is C9H17O. The Bertz CT molecular complexity index is 97.8. The molecule has 0 aliphatic heterocycles. The van der Waals surface area contributed by atoms with Gasteiger partial charge in [0, 0.05) is 0 Å². The Morgan fingerprint density at radius 2 is 2.10 bits per heavy atom. The molecule has 0 spiro atoms. The molecule has 1 fully saturated rings. The first kappa shape index (κ1) is 8.06. The predicted octanol–water partition coefficient (Wildman–Crippen LogP) is 2.42. The highest BCUT2D eigenvalue weighted by Crippen LogP contribution is 2.27. The molecule has 1 radical (unpaired) electrons. The minimum atomic E-state index is -0.185. The van der Waals surface area contributed by atoms with Gasteiger partial charge in [0.05, 0.1) is 12.2 Å². The molecule has 0 aromatic rings. The SMILES string of the molecule is [CH2]C(C)(C)OCC1CCC1. The highest BCUT2D eigenvalue weighted by Gasteiger charge is 2.20. The minimum Gasteiger partial charge on any atom is -0.375 e. The fraction of sp³-hybridized carbons (Fsp3) is 0.889. The van der Waals surface area contributed by atoms with Crippen LogP contribution in [-0.2, 0) is 4.74 Å². The second-order valence-corrected chi connectivity index (χ2v) is 3.87. The predicted molar refractivity (Wildman–Crippen MR) is 42.7 cm³/mol. The van der Waals surface area contributed by atoms with Crippen LogP contribution in [0.4, 0.5) is 0 Å². The summed E-state index contributed by atoms with van der Waals surface area (Å²) < 4.78 is 5.52. The molecule has 10 heavy (non-hydrogen) atoms. The summed E-state index contributed by atoms with van der Waals surface area (Å²) in [7, 11) is 0. The molecule has 0 bridgehead atoms. The number of rotatable bonds is 3. The van der Waals surface area contributed by atoms with Gasteiger partial charge in [0.2, 0.25) is 0 Å². The summed E-state index contributed by atoms with van der Waals surface area (Å²) in [5.74, 6) is 0.834. The lowest BCUT2D eigenvalue weighted by Gasteiger charge is -2.29. The summed E-state index contributed by atoms with van der Waals surface area (Å²) in [5, 5.41) is 0. The van der Waals surface area contributed by atoms with Crippen LogP contribution in [-0.4, -0.2) is 12.2 Å². The van der Waals surface area contributed by atoms with Crippen molar-refractivity contribution in [3.05, 3.63) is 6.92 Å². The zero-order chi connectivity index (χ0) is 7.61. The quantitative estimate of drug-likeness (QED) is 0.586. The zero-order valence-electron chi connectivity index (χ0n) is 7.02. The highest BCUT2D eigenvalue weighted by atomic mass is 16.5. The van der Waals surface area contributed by atoms with Gasteiger partial charge in [-0.2, -0.15) is 0 Å². The van der Waals surface area contributed by atoms with Crippen LogP contribution in [0, 0.1) is 12.8 Å². The molecule has 1 aliphatic rings. The Hall–Kier alpha value is -0.0400. The van der Waals surface area contributed by atoms with E-state index >= 15 is 0 Å². The molecule has 1 saturated carbocycles. The first-order valence-corrected chi connectivity index (χ1v) is 4.07. The van der Waals surface area contributed by atoms with Crippen molar-refractivity contribution >= 4 is 0 Å². The smallest absolute Gasteiger partial charge is 0.0627 e. The lowest BCUT2D eigenvalue weighted by molar-refractivity contribution is -0.0188. The average Bonchev–Trinajstić information content (AvgIpc) is 1.56. The van der Waals surface area contributed by atoms with Crippen molar-refractivity contribution in [2.75, 3.05) is 6.61 Å². The van der Waals surface area contributed by atoms with Gasteiger partial charge in [-0.15, -0.1) is 0 Å². The van der Waals surface area contributed by atoms with Crippen molar-refractivity contribution in [3.63, 3.8) is 0 Å². The third-order valence-corrected chi connectivity index (χ3v) is 1.93. The van der Waals surface area contributed by atoms with Crippen LogP contribution >= 0.6 is 0 Å². The zero-order valence-corrected chi connectivity index (χ0v) is 7.02. The maximum absolute atomic E-state index is 5.52. The molecule has 0 heterocycles. The third-order valence-electron chi connectivity index (χ3n) is 1.93. The van der Waals surface area contributed by atoms with Crippen LogP contribution in [0.25, 0.3) is 0 Å². The number of hydrogen-bond acceptors (Lipinski definition) is 1. The van der Waals surface area contributed by atoms with Crippen LogP contribution in [0.1, 0.15) is 33.1 Å². The molecule has 1 heteroatoms. The van der Waals surface area contributed by atoms with Crippen molar-refractivity contribution in [2.45, 2.75) is 38.7 Å². The van der Waals surface area contributed by atoms with E-state index in [0.717, 1.165) is 12.5 Å². The first-order valence-electron chi connectivity index (χ1n) is 4.07. The summed E-state index contributed by atoms with van der Waals surface area (Å²) in [6.45, 7) is 8.80. The standard InChI is InChI=1S/C9H17O/c1-9(2,3)10-7-8-5-4-6-8/h8H,1,4-7H2,2-3H3. The van der Waals surface area contributed by atoms with Crippen molar-refractivity contribution in [2.24, 2.45) is 5.92 Å². The molecule has 0 aromatic heterocycles. The fourth-order valence-corrected chi connectivity index (χ4v) is 1.00. The molecule has 0 aromatic carbocycles. The molecule has 0 saturated heterocycles. The van der Waals surface area contributed by atoms with Gasteiger partial charge in [-0.3, -0.25) is 0 Å². The molecule has 1 rings (SSSR count). The Labute approximate surface area is 63.8 Å². The van der Waals surface area contributed by atoms with Gasteiger partial charge >= 0.3 is 0 Å². The fourth-order valence-electron chi connectivity index (χ4n) is 1.00.